The summed E-state index contributed by atoms with van der Waals surface area (Å²) in [6.07, 6.45) is 0.767. The van der Waals surface area contributed by atoms with E-state index in [4.69, 9.17) is 0 Å². The Hall–Kier alpha value is -2.39. The number of rotatable bonds is 3. The zero-order chi connectivity index (χ0) is 14.8. The monoisotopic (exact) mass is 279 g/mol. The van der Waals surface area contributed by atoms with Crippen LogP contribution in [-0.2, 0) is 13.0 Å². The number of hydrogen-bond donors (Lipinski definition) is 1. The Morgan fingerprint density at radius 3 is 2.48 bits per heavy atom. The minimum Gasteiger partial charge on any atom is -0.392 e. The molecule has 3 heteroatoms. The van der Waals surface area contributed by atoms with E-state index in [1.54, 1.807) is 10.6 Å². The maximum atomic E-state index is 12.9. The van der Waals surface area contributed by atoms with Crippen LogP contribution in [0, 0.1) is 0 Å². The number of aliphatic hydroxyl groups is 1. The highest BCUT2D eigenvalue weighted by molar-refractivity contribution is 5.85. The van der Waals surface area contributed by atoms with Crippen molar-refractivity contribution in [3.63, 3.8) is 0 Å². The Morgan fingerprint density at radius 1 is 1.05 bits per heavy atom. The van der Waals surface area contributed by atoms with Crippen molar-refractivity contribution in [2.75, 3.05) is 0 Å². The number of nitrogens with zero attached hydrogens (tertiary/aromatic N) is 1. The van der Waals surface area contributed by atoms with Crippen molar-refractivity contribution < 1.29 is 5.11 Å². The van der Waals surface area contributed by atoms with Gasteiger partial charge in [-0.1, -0.05) is 43.3 Å². The minimum absolute atomic E-state index is 0.0693. The molecule has 0 aliphatic heterocycles. The highest BCUT2D eigenvalue weighted by Crippen LogP contribution is 2.19. The fourth-order valence-corrected chi connectivity index (χ4v) is 2.74. The summed E-state index contributed by atoms with van der Waals surface area (Å²) in [7, 11) is 0. The highest BCUT2D eigenvalue weighted by Gasteiger charge is 2.12. The predicted molar refractivity (Wildman–Crippen MR) is 84.8 cm³/mol. The molecule has 106 valence electrons. The van der Waals surface area contributed by atoms with Crippen LogP contribution >= 0.6 is 0 Å². The van der Waals surface area contributed by atoms with Crippen molar-refractivity contribution in [2.45, 2.75) is 20.0 Å². The number of aliphatic hydroxyl groups excluding tert-OH is 1. The van der Waals surface area contributed by atoms with Gasteiger partial charge in [0.1, 0.15) is 0 Å². The van der Waals surface area contributed by atoms with Gasteiger partial charge in [0, 0.05) is 11.4 Å². The SMILES string of the molecule is CCc1cc2cccc(CO)c2c(=O)n1-c1ccccc1. The van der Waals surface area contributed by atoms with Gasteiger partial charge >= 0.3 is 0 Å². The van der Waals surface area contributed by atoms with Crippen molar-refractivity contribution >= 4 is 10.8 Å². The zero-order valence-corrected chi connectivity index (χ0v) is 11.9. The first-order valence-corrected chi connectivity index (χ1v) is 7.09. The molecule has 0 aliphatic carbocycles. The van der Waals surface area contributed by atoms with E-state index in [1.807, 2.05) is 55.5 Å². The molecule has 3 rings (SSSR count). The average molecular weight is 279 g/mol. The summed E-state index contributed by atoms with van der Waals surface area (Å²) in [5.41, 5.74) is 2.42. The van der Waals surface area contributed by atoms with Gasteiger partial charge in [0.05, 0.1) is 12.0 Å². The van der Waals surface area contributed by atoms with Crippen LogP contribution in [0.3, 0.4) is 0 Å². The van der Waals surface area contributed by atoms with Crippen LogP contribution in [0.1, 0.15) is 18.2 Å². The molecule has 1 heterocycles. The topological polar surface area (TPSA) is 42.2 Å². The first-order valence-electron chi connectivity index (χ1n) is 7.09. The molecular weight excluding hydrogens is 262 g/mol. The van der Waals surface area contributed by atoms with Gasteiger partial charge in [-0.15, -0.1) is 0 Å². The molecule has 0 atom stereocenters. The molecule has 0 aliphatic rings. The molecule has 1 aromatic heterocycles. The van der Waals surface area contributed by atoms with Crippen LogP contribution in [0.2, 0.25) is 0 Å². The maximum absolute atomic E-state index is 12.9. The quantitative estimate of drug-likeness (QED) is 0.800. The van der Waals surface area contributed by atoms with Gasteiger partial charge in [-0.2, -0.15) is 0 Å². The molecule has 21 heavy (non-hydrogen) atoms. The van der Waals surface area contributed by atoms with E-state index in [0.717, 1.165) is 23.2 Å². The van der Waals surface area contributed by atoms with Crippen LogP contribution in [-0.4, -0.2) is 9.67 Å². The molecule has 0 radical (unpaired) electrons. The Balaban J connectivity index is 2.44. The average Bonchev–Trinajstić information content (AvgIpc) is 2.54. The molecule has 0 unspecified atom stereocenters. The molecule has 0 fully saturated rings. The number of para-hydroxylation sites is 1. The number of aryl methyl sites for hydroxylation is 1. The van der Waals surface area contributed by atoms with E-state index in [9.17, 15) is 9.90 Å². The molecule has 2 aromatic carbocycles. The lowest BCUT2D eigenvalue weighted by molar-refractivity contribution is 0.283. The maximum Gasteiger partial charge on any atom is 0.263 e. The van der Waals surface area contributed by atoms with Crippen molar-refractivity contribution in [1.29, 1.82) is 0 Å². The van der Waals surface area contributed by atoms with Crippen LogP contribution in [0.25, 0.3) is 16.5 Å². The van der Waals surface area contributed by atoms with Gasteiger partial charge in [-0.3, -0.25) is 9.36 Å². The largest absolute Gasteiger partial charge is 0.392 e. The summed E-state index contributed by atoms with van der Waals surface area (Å²) >= 11 is 0. The predicted octanol–water partition coefficient (Wildman–Crippen LogP) is 3.05. The van der Waals surface area contributed by atoms with Crippen LogP contribution in [0.5, 0.6) is 0 Å². The summed E-state index contributed by atoms with van der Waals surface area (Å²) in [4.78, 5) is 12.9. The first kappa shape index (κ1) is 13.6. The summed E-state index contributed by atoms with van der Waals surface area (Å²) in [5.74, 6) is 0. The van der Waals surface area contributed by atoms with Gasteiger partial charge in [0.2, 0.25) is 0 Å². The van der Waals surface area contributed by atoms with E-state index in [1.165, 1.54) is 0 Å². The molecule has 0 spiro atoms. The van der Waals surface area contributed by atoms with Gasteiger partial charge in [-0.25, -0.2) is 0 Å². The molecule has 3 aromatic rings. The fraction of sp³-hybridized carbons (Fsp3) is 0.167. The van der Waals surface area contributed by atoms with Crippen LogP contribution in [0.15, 0.2) is 59.4 Å². The lowest BCUT2D eigenvalue weighted by Crippen LogP contribution is -2.22. The van der Waals surface area contributed by atoms with E-state index in [0.29, 0.717) is 10.9 Å². The van der Waals surface area contributed by atoms with Crippen molar-refractivity contribution in [2.24, 2.45) is 0 Å². The van der Waals surface area contributed by atoms with Crippen molar-refractivity contribution in [1.82, 2.24) is 4.57 Å². The number of pyridine rings is 1. The number of fused-ring (bicyclic) bond motifs is 1. The minimum atomic E-state index is -0.132. The fourth-order valence-electron chi connectivity index (χ4n) is 2.74. The number of aromatic nitrogens is 1. The second-order valence-electron chi connectivity index (χ2n) is 5.00. The first-order chi connectivity index (χ1) is 10.3. The highest BCUT2D eigenvalue weighted by atomic mass is 16.3. The van der Waals surface area contributed by atoms with Gasteiger partial charge in [0.25, 0.3) is 5.56 Å². The van der Waals surface area contributed by atoms with E-state index in [2.05, 4.69) is 0 Å². The van der Waals surface area contributed by atoms with Crippen LogP contribution < -0.4 is 5.56 Å². The Kier molecular flexibility index (Phi) is 3.59. The van der Waals surface area contributed by atoms with Crippen molar-refractivity contribution in [3.05, 3.63) is 76.2 Å². The molecule has 0 amide bonds. The van der Waals surface area contributed by atoms with Gasteiger partial charge in [0.15, 0.2) is 0 Å². The van der Waals surface area contributed by atoms with Gasteiger partial charge < -0.3 is 5.11 Å². The third-order valence-electron chi connectivity index (χ3n) is 3.76. The smallest absolute Gasteiger partial charge is 0.263 e. The molecular formula is C18H17NO2. The third-order valence-corrected chi connectivity index (χ3v) is 3.76. The molecule has 0 saturated heterocycles. The van der Waals surface area contributed by atoms with E-state index >= 15 is 0 Å². The summed E-state index contributed by atoms with van der Waals surface area (Å²) in [5, 5.41) is 11.0. The number of hydrogen-bond acceptors (Lipinski definition) is 2. The summed E-state index contributed by atoms with van der Waals surface area (Å²) < 4.78 is 1.74. The Bertz CT molecular complexity index is 835. The molecule has 1 N–H and O–H groups in total. The second-order valence-corrected chi connectivity index (χ2v) is 5.00. The second kappa shape index (κ2) is 5.54. The van der Waals surface area contributed by atoms with E-state index < -0.39 is 0 Å². The lowest BCUT2D eigenvalue weighted by atomic mass is 10.0. The van der Waals surface area contributed by atoms with Crippen LogP contribution in [0.4, 0.5) is 0 Å². The van der Waals surface area contributed by atoms with Gasteiger partial charge in [-0.05, 0) is 35.6 Å². The summed E-state index contributed by atoms with van der Waals surface area (Å²) in [6.45, 7) is 1.91. The zero-order valence-electron chi connectivity index (χ0n) is 11.9. The lowest BCUT2D eigenvalue weighted by Gasteiger charge is -2.14. The van der Waals surface area contributed by atoms with E-state index in [-0.39, 0.29) is 12.2 Å². The summed E-state index contributed by atoms with van der Waals surface area (Å²) in [6, 6.07) is 17.2. The third kappa shape index (κ3) is 2.26. The Labute approximate surface area is 123 Å². The Morgan fingerprint density at radius 2 is 1.81 bits per heavy atom. The molecule has 0 bridgehead atoms. The standard InChI is InChI=1S/C18H17NO2/c1-2-15-11-13-7-6-8-14(12-20)17(13)18(21)19(15)16-9-4-3-5-10-16/h3-11,20H,2,12H2,1H3. The number of benzene rings is 2. The molecule has 0 saturated carbocycles. The molecule has 3 nitrogen and oxygen atoms in total. The normalized spacial score (nSPS) is 11.0. The van der Waals surface area contributed by atoms with Crippen molar-refractivity contribution in [3.8, 4) is 5.69 Å².